The van der Waals surface area contributed by atoms with Gasteiger partial charge in [0.25, 0.3) is 0 Å². The van der Waals surface area contributed by atoms with Gasteiger partial charge in [-0.05, 0) is 96.3 Å². The second kappa shape index (κ2) is 54.0. The van der Waals surface area contributed by atoms with Crippen molar-refractivity contribution in [2.24, 2.45) is 0 Å². The van der Waals surface area contributed by atoms with Gasteiger partial charge in [-0.15, -0.1) is 0 Å². The Kier molecular flexibility index (Phi) is 51.8. The molecule has 0 radical (unpaired) electrons. The smallest absolute Gasteiger partial charge is 0.306 e. The lowest BCUT2D eigenvalue weighted by atomic mass is 10.1. The highest BCUT2D eigenvalue weighted by molar-refractivity contribution is 5.71. The molecule has 0 aromatic carbocycles. The molecule has 0 saturated carbocycles. The van der Waals surface area contributed by atoms with Gasteiger partial charge in [-0.25, -0.2) is 0 Å². The Hall–Kier alpha value is -2.63. The van der Waals surface area contributed by atoms with Gasteiger partial charge in [-0.1, -0.05) is 223 Å². The maximum Gasteiger partial charge on any atom is 0.306 e. The molecule has 0 saturated heterocycles. The maximum absolute atomic E-state index is 12.8. The van der Waals surface area contributed by atoms with Crippen LogP contribution in [-0.2, 0) is 28.6 Å². The first-order valence-corrected chi connectivity index (χ1v) is 28.2. The molecule has 0 aromatic heterocycles. The van der Waals surface area contributed by atoms with Gasteiger partial charge in [0, 0.05) is 19.3 Å². The SMILES string of the molecule is CCCCCC/C=C\CCCCCCCCCC(=O)OCC(COC(=O)CCCCC/C=C\C=C/CCCCCCCCC)OC(=O)CCCCCCC/C=C\CCCCCCCCC. The van der Waals surface area contributed by atoms with Gasteiger partial charge in [-0.3, -0.25) is 14.4 Å². The molecule has 6 heteroatoms. The number of carbonyl (C=O) groups is 3. The van der Waals surface area contributed by atoms with E-state index in [4.69, 9.17) is 14.2 Å². The molecule has 65 heavy (non-hydrogen) atoms. The zero-order valence-corrected chi connectivity index (χ0v) is 43.3. The van der Waals surface area contributed by atoms with E-state index in [2.05, 4.69) is 69.4 Å². The van der Waals surface area contributed by atoms with E-state index in [1.165, 1.54) is 167 Å². The number of rotatable bonds is 51. The Morgan fingerprint density at radius 2 is 0.554 bits per heavy atom. The molecule has 0 aliphatic heterocycles. The number of allylic oxidation sites excluding steroid dienone is 8. The molecule has 0 rings (SSSR count). The number of carbonyl (C=O) groups excluding carboxylic acids is 3. The summed E-state index contributed by atoms with van der Waals surface area (Å²) in [4.78, 5) is 38.1. The average Bonchev–Trinajstić information content (AvgIpc) is 3.30. The van der Waals surface area contributed by atoms with Gasteiger partial charge >= 0.3 is 17.9 Å². The summed E-state index contributed by atoms with van der Waals surface area (Å²) < 4.78 is 16.8. The molecular weight excluding hydrogens is 805 g/mol. The first-order valence-electron chi connectivity index (χ1n) is 28.2. The van der Waals surface area contributed by atoms with Crippen LogP contribution in [0.25, 0.3) is 0 Å². The summed E-state index contributed by atoms with van der Waals surface area (Å²) in [5, 5.41) is 0. The minimum Gasteiger partial charge on any atom is -0.462 e. The molecule has 0 amide bonds. The fraction of sp³-hybridized carbons (Fsp3) is 0.814. The summed E-state index contributed by atoms with van der Waals surface area (Å²) >= 11 is 0. The van der Waals surface area contributed by atoms with Crippen LogP contribution in [0.15, 0.2) is 48.6 Å². The number of ether oxygens (including phenoxy) is 3. The monoisotopic (exact) mass is 911 g/mol. The van der Waals surface area contributed by atoms with Crippen molar-refractivity contribution in [1.29, 1.82) is 0 Å². The lowest BCUT2D eigenvalue weighted by Crippen LogP contribution is -2.30. The first-order chi connectivity index (χ1) is 32.0. The van der Waals surface area contributed by atoms with E-state index >= 15 is 0 Å². The molecule has 0 spiro atoms. The van der Waals surface area contributed by atoms with Crippen LogP contribution in [0.5, 0.6) is 0 Å². The Labute approximate surface area is 403 Å². The number of hydrogen-bond acceptors (Lipinski definition) is 6. The predicted octanol–water partition coefficient (Wildman–Crippen LogP) is 18.7. The molecule has 0 aliphatic carbocycles. The Morgan fingerprint density at radius 3 is 0.892 bits per heavy atom. The van der Waals surface area contributed by atoms with Crippen LogP contribution in [0, 0.1) is 0 Å². The fourth-order valence-electron chi connectivity index (χ4n) is 8.01. The zero-order chi connectivity index (χ0) is 47.2. The van der Waals surface area contributed by atoms with Gasteiger partial charge in [-0.2, -0.15) is 0 Å². The highest BCUT2D eigenvalue weighted by Crippen LogP contribution is 2.15. The number of esters is 3. The van der Waals surface area contributed by atoms with Gasteiger partial charge in [0.2, 0.25) is 0 Å². The highest BCUT2D eigenvalue weighted by atomic mass is 16.6. The first kappa shape index (κ1) is 62.4. The third-order valence-electron chi connectivity index (χ3n) is 12.3. The van der Waals surface area contributed by atoms with E-state index in [0.717, 1.165) is 83.5 Å². The lowest BCUT2D eigenvalue weighted by molar-refractivity contribution is -0.167. The van der Waals surface area contributed by atoms with Crippen molar-refractivity contribution in [3.05, 3.63) is 48.6 Å². The second-order valence-electron chi connectivity index (χ2n) is 18.9. The summed E-state index contributed by atoms with van der Waals surface area (Å²) in [6, 6.07) is 0. The lowest BCUT2D eigenvalue weighted by Gasteiger charge is -2.18. The van der Waals surface area contributed by atoms with E-state index in [9.17, 15) is 14.4 Å². The van der Waals surface area contributed by atoms with Gasteiger partial charge < -0.3 is 14.2 Å². The number of unbranched alkanes of at least 4 members (excludes halogenated alkanes) is 33. The van der Waals surface area contributed by atoms with E-state index in [1.807, 2.05) is 0 Å². The molecule has 6 nitrogen and oxygen atoms in total. The summed E-state index contributed by atoms with van der Waals surface area (Å²) in [5.74, 6) is -0.915. The fourth-order valence-corrected chi connectivity index (χ4v) is 8.01. The Balaban J connectivity index is 4.42. The third kappa shape index (κ3) is 52.2. The van der Waals surface area contributed by atoms with Crippen molar-refractivity contribution in [2.75, 3.05) is 13.2 Å². The van der Waals surface area contributed by atoms with E-state index in [1.54, 1.807) is 0 Å². The third-order valence-corrected chi connectivity index (χ3v) is 12.3. The topological polar surface area (TPSA) is 78.9 Å². The van der Waals surface area contributed by atoms with Crippen molar-refractivity contribution in [3.8, 4) is 0 Å². The van der Waals surface area contributed by atoms with Crippen LogP contribution in [0.4, 0.5) is 0 Å². The summed E-state index contributed by atoms with van der Waals surface area (Å²) in [6.07, 6.45) is 65.2. The quantitative estimate of drug-likeness (QED) is 0.0199. The minimum absolute atomic E-state index is 0.0860. The summed E-state index contributed by atoms with van der Waals surface area (Å²) in [6.45, 7) is 6.61. The standard InChI is InChI=1S/C59H106O6/c1-4-7-10-13-16-19-22-25-28-31-34-37-40-43-46-49-52-58(61)64-55-56(54-63-57(60)51-48-45-42-39-36-33-30-27-24-21-18-15-12-9-6-3)65-59(62)53-50-47-44-41-38-35-32-29-26-23-20-17-14-11-8-5-2/h21,24,28-29,31-32,34,37,56H,4-20,22-23,25-27,30,33,35-36,38-55H2,1-3H3/b24-21-,31-28-,32-29-,37-34-. The molecule has 1 atom stereocenters. The van der Waals surface area contributed by atoms with Gasteiger partial charge in [0.15, 0.2) is 6.10 Å². The molecule has 0 fully saturated rings. The molecule has 0 aliphatic rings. The second-order valence-corrected chi connectivity index (χ2v) is 18.9. The molecule has 0 N–H and O–H groups in total. The molecule has 0 bridgehead atoms. The van der Waals surface area contributed by atoms with Crippen LogP contribution in [0.1, 0.15) is 290 Å². The van der Waals surface area contributed by atoms with E-state index < -0.39 is 6.10 Å². The predicted molar refractivity (Wildman–Crippen MR) is 279 cm³/mol. The highest BCUT2D eigenvalue weighted by Gasteiger charge is 2.19. The maximum atomic E-state index is 12.8. The Bertz CT molecular complexity index is 1140. The molecule has 1 unspecified atom stereocenters. The molecular formula is C59H106O6. The van der Waals surface area contributed by atoms with Gasteiger partial charge in [0.1, 0.15) is 13.2 Å². The van der Waals surface area contributed by atoms with Crippen LogP contribution in [0.3, 0.4) is 0 Å². The van der Waals surface area contributed by atoms with Crippen molar-refractivity contribution in [2.45, 2.75) is 297 Å². The Morgan fingerprint density at radius 1 is 0.308 bits per heavy atom. The van der Waals surface area contributed by atoms with Crippen molar-refractivity contribution >= 4 is 17.9 Å². The largest absolute Gasteiger partial charge is 0.462 e. The van der Waals surface area contributed by atoms with Crippen LogP contribution in [-0.4, -0.2) is 37.2 Å². The van der Waals surface area contributed by atoms with Crippen molar-refractivity contribution in [3.63, 3.8) is 0 Å². The molecule has 378 valence electrons. The molecule has 0 heterocycles. The zero-order valence-electron chi connectivity index (χ0n) is 43.3. The molecule has 0 aromatic rings. The van der Waals surface area contributed by atoms with Crippen molar-refractivity contribution < 1.29 is 28.6 Å². The normalized spacial score (nSPS) is 12.4. The summed E-state index contributed by atoms with van der Waals surface area (Å²) in [5.41, 5.74) is 0. The van der Waals surface area contributed by atoms with Crippen LogP contribution in [0.2, 0.25) is 0 Å². The van der Waals surface area contributed by atoms with E-state index in [-0.39, 0.29) is 31.1 Å². The summed E-state index contributed by atoms with van der Waals surface area (Å²) in [7, 11) is 0. The minimum atomic E-state index is -0.789. The number of hydrogen-bond donors (Lipinski definition) is 0. The van der Waals surface area contributed by atoms with Gasteiger partial charge in [0.05, 0.1) is 0 Å². The van der Waals surface area contributed by atoms with Crippen LogP contribution < -0.4 is 0 Å². The van der Waals surface area contributed by atoms with E-state index in [0.29, 0.717) is 19.3 Å². The van der Waals surface area contributed by atoms with Crippen LogP contribution >= 0.6 is 0 Å². The average molecular weight is 911 g/mol. The van der Waals surface area contributed by atoms with Crippen molar-refractivity contribution in [1.82, 2.24) is 0 Å².